The second-order valence-corrected chi connectivity index (χ2v) is 29.1. The standard InChI is InChI=1S/3C20H18N4.C18H22N4.C17H20N4/c1-14-10-9-13-17(16-11-7-6-8-12-16)18(14)24-15(2)23(5)19(21-3)20(24)22-4;1-14-13-17(16-9-7-6-8-10-16)11-12-18(14)24-15(2)23(5)19(21-3)20(24)22-4;1-14-11-12-17(16-9-7-6-8-10-16)13-18(14)24-15(2)23(5)19(21-3)20(24)22-4;1-10-11(2)13(4)16(14(5)12(10)3)22-15(6)21(9)17(19-7)18(22)20-8;1-10-9-11(2)13(4)15(12(10)3)21-14(5)20(8)16(18-6)17(21)19-7/h3*6-13,15H,1-2,5H3;15H,1-6,9H3;9,14H,1-5,8H3/t4*15-;14-/m00000/s1. The summed E-state index contributed by atoms with van der Waals surface area (Å²) in [4.78, 5) is 55.3. The van der Waals surface area contributed by atoms with E-state index in [4.69, 9.17) is 65.7 Å². The van der Waals surface area contributed by atoms with Crippen LogP contribution in [0.25, 0.3) is 81.8 Å². The van der Waals surface area contributed by atoms with Crippen molar-refractivity contribution in [3.63, 3.8) is 0 Å². The van der Waals surface area contributed by atoms with E-state index in [-0.39, 0.29) is 30.8 Å². The van der Waals surface area contributed by atoms with Gasteiger partial charge in [0.15, 0.2) is 0 Å². The molecule has 8 aromatic rings. The Morgan fingerprint density at radius 2 is 0.513 bits per heavy atom. The van der Waals surface area contributed by atoms with Gasteiger partial charge in [-0.2, -0.15) is 0 Å². The van der Waals surface area contributed by atoms with Crippen molar-refractivity contribution in [2.75, 3.05) is 59.7 Å². The van der Waals surface area contributed by atoms with E-state index < -0.39 is 0 Å². The maximum Gasteiger partial charge on any atom is 0.253 e. The summed E-state index contributed by atoms with van der Waals surface area (Å²) in [5.74, 6) is 4.11. The van der Waals surface area contributed by atoms with Crippen LogP contribution < -0.4 is 24.5 Å². The summed E-state index contributed by atoms with van der Waals surface area (Å²) < 4.78 is 0. The van der Waals surface area contributed by atoms with Gasteiger partial charge in [0, 0.05) is 40.2 Å². The van der Waals surface area contributed by atoms with Gasteiger partial charge in [0.25, 0.3) is 29.1 Å². The average molecular weight is 1520 g/mol. The first kappa shape index (κ1) is 84.4. The van der Waals surface area contributed by atoms with E-state index in [2.05, 4.69) is 190 Å². The molecule has 0 fully saturated rings. The largest absolute Gasteiger partial charge is 0.374 e. The van der Waals surface area contributed by atoms with Gasteiger partial charge in [-0.1, -0.05) is 199 Å². The topological polar surface area (TPSA) is 76.0 Å². The summed E-state index contributed by atoms with van der Waals surface area (Å²) in [5.41, 5.74) is 26.0. The second-order valence-electron chi connectivity index (χ2n) is 29.1. The first-order chi connectivity index (χ1) is 54.9. The van der Waals surface area contributed by atoms with Gasteiger partial charge in [-0.05, 0) is 196 Å². The van der Waals surface area contributed by atoms with E-state index in [1.807, 2.05) is 212 Å². The van der Waals surface area contributed by atoms with Crippen LogP contribution in [0.15, 0.2) is 210 Å². The van der Waals surface area contributed by atoms with Crippen molar-refractivity contribution < 1.29 is 0 Å². The molecule has 0 unspecified atom stereocenters. The predicted octanol–water partition coefficient (Wildman–Crippen LogP) is 22.4. The summed E-state index contributed by atoms with van der Waals surface area (Å²) in [6.07, 6.45) is -0.270. The van der Waals surface area contributed by atoms with Crippen LogP contribution in [0.3, 0.4) is 0 Å². The highest BCUT2D eigenvalue weighted by molar-refractivity contribution is 5.84. The van der Waals surface area contributed by atoms with Crippen molar-refractivity contribution >= 4 is 28.4 Å². The number of hydrogen-bond donors (Lipinski definition) is 0. The van der Waals surface area contributed by atoms with E-state index in [0.717, 1.165) is 72.9 Å². The molecule has 0 N–H and O–H groups in total. The van der Waals surface area contributed by atoms with Crippen LogP contribution >= 0.6 is 0 Å². The minimum absolute atomic E-state index is 0.0307. The third-order valence-electron chi connectivity index (χ3n) is 23.0. The number of nitrogens with zero attached hydrogens (tertiary/aromatic N) is 20. The van der Waals surface area contributed by atoms with Crippen molar-refractivity contribution in [3.8, 4) is 33.4 Å². The molecule has 8 aromatic carbocycles. The molecule has 576 valence electrons. The lowest BCUT2D eigenvalue weighted by atomic mass is 9.92. The Bertz CT molecular complexity index is 5720. The fraction of sp³-hybridized carbons (Fsp3) is 0.284. The maximum absolute atomic E-state index is 7.59. The molecule has 0 aromatic heterocycles. The highest BCUT2D eigenvalue weighted by atomic mass is 15.5. The van der Waals surface area contributed by atoms with E-state index in [1.165, 1.54) is 55.6 Å². The summed E-state index contributed by atoms with van der Waals surface area (Å²) in [5, 5.41) is 0. The average Bonchev–Trinajstić information content (AvgIpc) is 1.77. The van der Waals surface area contributed by atoms with Gasteiger partial charge >= 0.3 is 0 Å². The third kappa shape index (κ3) is 15.6. The highest BCUT2D eigenvalue weighted by Gasteiger charge is 2.45. The Hall–Kier alpha value is -14.6. The Balaban J connectivity index is 0.000000165. The number of hydrogen-bond acceptors (Lipinski definition) is 10. The molecule has 0 bridgehead atoms. The number of benzene rings is 8. The van der Waals surface area contributed by atoms with Gasteiger partial charge in [-0.3, -0.25) is 24.5 Å². The van der Waals surface area contributed by atoms with Gasteiger partial charge in [-0.15, -0.1) is 0 Å². The van der Waals surface area contributed by atoms with Crippen LogP contribution in [-0.4, -0.2) is 90.6 Å². The zero-order valence-corrected chi connectivity index (χ0v) is 69.8. The minimum Gasteiger partial charge on any atom is -0.374 e. The maximum atomic E-state index is 7.59. The second kappa shape index (κ2) is 35.6. The zero-order valence-electron chi connectivity index (χ0n) is 69.8. The van der Waals surface area contributed by atoms with Crippen molar-refractivity contribution in [1.29, 1.82) is 0 Å². The van der Waals surface area contributed by atoms with E-state index in [1.54, 1.807) is 0 Å². The molecule has 115 heavy (non-hydrogen) atoms. The highest BCUT2D eigenvalue weighted by Crippen LogP contribution is 2.47. The number of rotatable bonds is 8. The number of para-hydroxylation sites is 1. The molecule has 5 heterocycles. The van der Waals surface area contributed by atoms with Crippen molar-refractivity contribution in [1.82, 2.24) is 24.5 Å². The Labute approximate surface area is 681 Å². The molecule has 20 heteroatoms. The first-order valence-electron chi connectivity index (χ1n) is 37.6. The fourth-order valence-electron chi connectivity index (χ4n) is 15.3. The van der Waals surface area contributed by atoms with Gasteiger partial charge in [0.1, 0.15) is 28.4 Å². The van der Waals surface area contributed by atoms with Gasteiger partial charge < -0.3 is 72.9 Å². The van der Waals surface area contributed by atoms with Crippen LogP contribution in [0, 0.1) is 149 Å². The molecule has 5 atom stereocenters. The van der Waals surface area contributed by atoms with Crippen LogP contribution in [0.4, 0.5) is 28.4 Å². The summed E-state index contributed by atoms with van der Waals surface area (Å²) >= 11 is 0. The zero-order chi connectivity index (χ0) is 84.5. The molecular weight excluding hydrogens is 1420 g/mol. The molecular formula is C95H96N20. The molecule has 0 spiro atoms. The molecule has 5 aliphatic heterocycles. The Morgan fingerprint density at radius 1 is 0.217 bits per heavy atom. The molecule has 5 aliphatic rings. The number of anilines is 5. The van der Waals surface area contributed by atoms with Crippen LogP contribution in [0.1, 0.15) is 101 Å². The smallest absolute Gasteiger partial charge is 0.253 e. The van der Waals surface area contributed by atoms with Crippen molar-refractivity contribution in [3.05, 3.63) is 391 Å². The monoisotopic (exact) mass is 1520 g/mol. The normalized spacial score (nSPS) is 17.3. The summed E-state index contributed by atoms with van der Waals surface area (Å²) in [7, 11) is 9.33. The predicted molar refractivity (Wildman–Crippen MR) is 465 cm³/mol. The van der Waals surface area contributed by atoms with E-state index in [9.17, 15) is 0 Å². The van der Waals surface area contributed by atoms with Crippen LogP contribution in [-0.2, 0) is 0 Å². The van der Waals surface area contributed by atoms with Gasteiger partial charge in [0.05, 0.1) is 35.2 Å². The van der Waals surface area contributed by atoms with Crippen molar-refractivity contribution in [2.45, 2.75) is 149 Å². The summed E-state index contributed by atoms with van der Waals surface area (Å²) in [6, 6.07) is 51.4. The first-order valence-corrected chi connectivity index (χ1v) is 37.6. The van der Waals surface area contributed by atoms with Crippen LogP contribution in [0.5, 0.6) is 0 Å². The summed E-state index contributed by atoms with van der Waals surface area (Å²) in [6.45, 7) is 110. The number of aryl methyl sites for hydroxylation is 5. The van der Waals surface area contributed by atoms with Crippen molar-refractivity contribution in [2.24, 2.45) is 0 Å². The quantitative estimate of drug-likeness (QED) is 0.137. The van der Waals surface area contributed by atoms with Crippen LogP contribution in [0.2, 0.25) is 0 Å². The molecule has 0 saturated heterocycles. The van der Waals surface area contributed by atoms with Gasteiger partial charge in [-0.25, -0.2) is 0 Å². The minimum atomic E-state index is -0.0817. The SMILES string of the molecule is [C-]#[N+]C1=C([N+]#[C-])N(c2c(C)c(C)c(C)c(C)c2C)[C@@H](C)N1C.[C-]#[N+]C1=C([N+]#[C-])N(c2c(C)c(C)cc(C)c2C)[C@@H](C)N1C.[C-]#[N+]C1=C([N+]#[C-])N(c2c(C)cccc2-c2ccccc2)[C@@H](C)N1C.[C-]#[N+]C1=C([N+]#[C-])N(c2cc(-c3ccccc3)ccc2C)[C@@H](C)N1C.[C-]#[N+]C1=C([N+]#[C-])N(c2ccc(-c3ccccc3)cc2C)[C@@H](C)N1C. The van der Waals surface area contributed by atoms with Gasteiger partial charge in [0.2, 0.25) is 59.9 Å². The molecule has 13 rings (SSSR count). The lowest BCUT2D eigenvalue weighted by Crippen LogP contribution is -2.36. The molecule has 0 amide bonds. The molecule has 0 saturated carbocycles. The van der Waals surface area contributed by atoms with E-state index >= 15 is 0 Å². The Morgan fingerprint density at radius 3 is 0.870 bits per heavy atom. The van der Waals surface area contributed by atoms with E-state index in [0.29, 0.717) is 58.2 Å². The molecule has 20 nitrogen and oxygen atoms in total. The third-order valence-corrected chi connectivity index (χ3v) is 23.0. The lowest BCUT2D eigenvalue weighted by molar-refractivity contribution is 0.364. The molecule has 0 aliphatic carbocycles. The Kier molecular flexibility index (Phi) is 26.1. The fourth-order valence-corrected chi connectivity index (χ4v) is 15.3. The lowest BCUT2D eigenvalue weighted by Gasteiger charge is -2.28. The molecule has 0 radical (unpaired) electrons.